The van der Waals surface area contributed by atoms with Crippen molar-refractivity contribution in [3.05, 3.63) is 23.1 Å². The molecule has 84 valence electrons. The lowest BCUT2D eigenvalue weighted by atomic mass is 10.2. The minimum atomic E-state index is -1.07. The quantitative estimate of drug-likeness (QED) is 0.603. The summed E-state index contributed by atoms with van der Waals surface area (Å²) in [6.07, 6.45) is 0. The molecule has 0 fully saturated rings. The number of aromatic hydroxyl groups is 1. The monoisotopic (exact) mass is 480 g/mol. The lowest BCUT2D eigenvalue weighted by Crippen LogP contribution is -1.91. The van der Waals surface area contributed by atoms with Gasteiger partial charge in [-0.25, -0.2) is 4.79 Å². The number of thiophene rings is 1. The molecule has 0 saturated heterocycles. The number of aromatic carboxylic acids is 1. The molecule has 0 amide bonds. The third kappa shape index (κ3) is 1.89. The van der Waals surface area contributed by atoms with E-state index in [-0.39, 0.29) is 15.6 Å². The minimum absolute atomic E-state index is 0.0461. The van der Waals surface area contributed by atoms with E-state index in [0.717, 1.165) is 14.9 Å². The first-order valence-corrected chi connectivity index (χ1v) is 7.31. The Hall–Kier alpha value is 0.200. The zero-order valence-electron chi connectivity index (χ0n) is 7.42. The van der Waals surface area contributed by atoms with Gasteiger partial charge in [-0.3, -0.25) is 0 Å². The summed E-state index contributed by atoms with van der Waals surface area (Å²) in [5.74, 6) is -1.03. The van der Waals surface area contributed by atoms with Gasteiger partial charge in [-0.2, -0.15) is 0 Å². The fourth-order valence-electron chi connectivity index (χ4n) is 1.29. The molecule has 2 N–H and O–H groups in total. The van der Waals surface area contributed by atoms with Crippen molar-refractivity contribution in [1.29, 1.82) is 0 Å². The van der Waals surface area contributed by atoms with Gasteiger partial charge >= 0.3 is 5.97 Å². The average molecular weight is 480 g/mol. The summed E-state index contributed by atoms with van der Waals surface area (Å²) in [6, 6.07) is 1.79. The first-order chi connectivity index (χ1) is 7.43. The van der Waals surface area contributed by atoms with Crippen molar-refractivity contribution in [1.82, 2.24) is 0 Å². The van der Waals surface area contributed by atoms with Gasteiger partial charge in [-0.1, -0.05) is 11.6 Å². The van der Waals surface area contributed by atoms with E-state index in [2.05, 4.69) is 22.6 Å². The van der Waals surface area contributed by atoms with Crippen LogP contribution in [0, 0.1) is 7.14 Å². The van der Waals surface area contributed by atoms with Gasteiger partial charge in [0.05, 0.1) is 18.7 Å². The van der Waals surface area contributed by atoms with Gasteiger partial charge in [-0.15, -0.1) is 11.3 Å². The summed E-state index contributed by atoms with van der Waals surface area (Å²) in [5.41, 5.74) is 0. The maximum Gasteiger partial charge on any atom is 0.347 e. The molecule has 2 rings (SSSR count). The molecule has 1 aromatic heterocycles. The van der Waals surface area contributed by atoms with Crippen molar-refractivity contribution < 1.29 is 15.0 Å². The molecule has 0 unspecified atom stereocenters. The topological polar surface area (TPSA) is 57.5 Å². The van der Waals surface area contributed by atoms with Crippen molar-refractivity contribution in [2.45, 2.75) is 0 Å². The first-order valence-electron chi connectivity index (χ1n) is 3.95. The molecule has 0 saturated carbocycles. The third-order valence-electron chi connectivity index (χ3n) is 1.98. The van der Waals surface area contributed by atoms with Crippen molar-refractivity contribution in [2.24, 2.45) is 0 Å². The van der Waals surface area contributed by atoms with Crippen LogP contribution in [0.2, 0.25) is 5.02 Å². The van der Waals surface area contributed by atoms with Crippen LogP contribution in [0.25, 0.3) is 10.1 Å². The van der Waals surface area contributed by atoms with Gasteiger partial charge in [0.15, 0.2) is 0 Å². The molecule has 1 heterocycles. The highest BCUT2D eigenvalue weighted by Crippen LogP contribution is 2.44. The number of phenols is 1. The number of carboxylic acid groups (broad SMARTS) is 1. The van der Waals surface area contributed by atoms with Gasteiger partial charge in [-0.05, 0) is 51.2 Å². The molecule has 0 spiro atoms. The number of carbonyl (C=O) groups is 1. The summed E-state index contributed by atoms with van der Waals surface area (Å²) in [7, 11) is 0. The fraction of sp³-hybridized carbons (Fsp3) is 0. The Morgan fingerprint density at radius 2 is 2.00 bits per heavy atom. The number of fused-ring (bicyclic) bond motifs is 1. The third-order valence-corrected chi connectivity index (χ3v) is 5.72. The zero-order chi connectivity index (χ0) is 12.0. The van der Waals surface area contributed by atoms with E-state index in [1.165, 1.54) is 0 Å². The molecule has 3 nitrogen and oxygen atoms in total. The van der Waals surface area contributed by atoms with Crippen LogP contribution in [-0.4, -0.2) is 16.2 Å². The Balaban J connectivity index is 2.97. The second kappa shape index (κ2) is 4.46. The van der Waals surface area contributed by atoms with E-state index in [1.807, 2.05) is 22.6 Å². The van der Waals surface area contributed by atoms with E-state index in [9.17, 15) is 9.90 Å². The predicted octanol–water partition coefficient (Wildman–Crippen LogP) is 4.17. The molecule has 0 aliphatic heterocycles. The molecular weight excluding hydrogens is 477 g/mol. The first kappa shape index (κ1) is 12.7. The fourth-order valence-corrected chi connectivity index (χ4v) is 4.76. The number of hydrogen-bond acceptors (Lipinski definition) is 3. The number of phenolic OH excluding ortho intramolecular Hbond substituents is 1. The van der Waals surface area contributed by atoms with Gasteiger partial charge in [0.25, 0.3) is 0 Å². The normalized spacial score (nSPS) is 10.9. The highest BCUT2D eigenvalue weighted by Gasteiger charge is 2.21. The molecule has 1 aromatic carbocycles. The van der Waals surface area contributed by atoms with Crippen molar-refractivity contribution >= 4 is 84.2 Å². The molecule has 0 bridgehead atoms. The minimum Gasteiger partial charge on any atom is -0.506 e. The molecule has 2 aromatic rings. The number of carboxylic acids is 1. The lowest BCUT2D eigenvalue weighted by Gasteiger charge is -2.01. The molecule has 16 heavy (non-hydrogen) atoms. The highest BCUT2D eigenvalue weighted by molar-refractivity contribution is 14.1. The van der Waals surface area contributed by atoms with Crippen LogP contribution in [0.5, 0.6) is 5.75 Å². The Kier molecular flexibility index (Phi) is 3.53. The summed E-state index contributed by atoms with van der Waals surface area (Å²) in [4.78, 5) is 11.0. The zero-order valence-corrected chi connectivity index (χ0v) is 13.3. The van der Waals surface area contributed by atoms with Gasteiger partial charge < -0.3 is 10.2 Å². The standard InChI is InChI=1S/C9H3ClI2O3S/c10-5-4-6(13)2(11)1-3(12)7(4)16-8(5)9(14)15/h1,13H,(H,14,15). The average Bonchev–Trinajstić information content (AvgIpc) is 2.53. The Morgan fingerprint density at radius 3 is 2.56 bits per heavy atom. The predicted molar refractivity (Wildman–Crippen MR) is 80.9 cm³/mol. The maximum atomic E-state index is 10.9. The molecule has 0 atom stereocenters. The van der Waals surface area contributed by atoms with E-state index < -0.39 is 5.97 Å². The van der Waals surface area contributed by atoms with Gasteiger partial charge in [0.1, 0.15) is 10.6 Å². The summed E-state index contributed by atoms with van der Waals surface area (Å²) in [5, 5.41) is 19.4. The number of hydrogen-bond donors (Lipinski definition) is 2. The van der Waals surface area contributed by atoms with Crippen LogP contribution in [-0.2, 0) is 0 Å². The maximum absolute atomic E-state index is 10.9. The molecule has 0 radical (unpaired) electrons. The van der Waals surface area contributed by atoms with Crippen LogP contribution in [0.1, 0.15) is 9.67 Å². The number of halogens is 3. The van der Waals surface area contributed by atoms with Crippen molar-refractivity contribution in [3.63, 3.8) is 0 Å². The second-order valence-corrected chi connectivity index (χ2v) is 6.67. The van der Waals surface area contributed by atoms with E-state index >= 15 is 0 Å². The van der Waals surface area contributed by atoms with E-state index in [0.29, 0.717) is 13.7 Å². The molecule has 0 aliphatic rings. The second-order valence-electron chi connectivity index (χ2n) is 2.94. The SMILES string of the molecule is O=C(O)c1sc2c(I)cc(I)c(O)c2c1Cl. The lowest BCUT2D eigenvalue weighted by molar-refractivity contribution is 0.0702. The van der Waals surface area contributed by atoms with Crippen molar-refractivity contribution in [2.75, 3.05) is 0 Å². The number of benzene rings is 1. The van der Waals surface area contributed by atoms with E-state index in [1.54, 1.807) is 6.07 Å². The van der Waals surface area contributed by atoms with Crippen LogP contribution in [0.15, 0.2) is 6.07 Å². The molecule has 7 heteroatoms. The van der Waals surface area contributed by atoms with E-state index in [4.69, 9.17) is 16.7 Å². The van der Waals surface area contributed by atoms with Crippen LogP contribution in [0.4, 0.5) is 0 Å². The molecule has 0 aliphatic carbocycles. The van der Waals surface area contributed by atoms with Gasteiger partial charge in [0.2, 0.25) is 0 Å². The van der Waals surface area contributed by atoms with Crippen molar-refractivity contribution in [3.8, 4) is 5.75 Å². The Morgan fingerprint density at radius 1 is 1.38 bits per heavy atom. The van der Waals surface area contributed by atoms with Crippen LogP contribution < -0.4 is 0 Å². The van der Waals surface area contributed by atoms with Crippen LogP contribution in [0.3, 0.4) is 0 Å². The van der Waals surface area contributed by atoms with Gasteiger partial charge in [0, 0.05) is 3.57 Å². The van der Waals surface area contributed by atoms with Crippen LogP contribution >= 0.6 is 68.1 Å². The summed E-state index contributed by atoms with van der Waals surface area (Å²) in [6.45, 7) is 0. The largest absolute Gasteiger partial charge is 0.506 e. The smallest absolute Gasteiger partial charge is 0.347 e. The Bertz CT molecular complexity index is 609. The summed E-state index contributed by atoms with van der Waals surface area (Å²) < 4.78 is 2.25. The molecular formula is C9H3ClI2O3S. The number of rotatable bonds is 1. The highest BCUT2D eigenvalue weighted by atomic mass is 127. The Labute approximate surface area is 127 Å². The summed E-state index contributed by atoms with van der Waals surface area (Å²) >= 11 is 11.1.